The molecule has 4 atom stereocenters. The van der Waals surface area contributed by atoms with Crippen molar-refractivity contribution in [2.24, 2.45) is 0 Å². The molecule has 0 heterocycles. The second-order valence-electron chi connectivity index (χ2n) is 16.6. The minimum Gasteiger partial charge on any atom is -0.469 e. The van der Waals surface area contributed by atoms with E-state index < -0.39 is 30.6 Å². The van der Waals surface area contributed by atoms with Crippen LogP contribution in [0.2, 0.25) is 0 Å². The summed E-state index contributed by atoms with van der Waals surface area (Å²) in [6, 6.07) is 0. The number of hydrogen-bond donors (Lipinski definition) is 0. The van der Waals surface area contributed by atoms with Crippen molar-refractivity contribution in [3.63, 3.8) is 0 Å². The number of carbonyl (C=O) groups is 4. The first kappa shape index (κ1) is 56.8. The van der Waals surface area contributed by atoms with Crippen LogP contribution in [-0.4, -0.2) is 75.7 Å². The van der Waals surface area contributed by atoms with Gasteiger partial charge in [-0.1, -0.05) is 156 Å². The third kappa shape index (κ3) is 35.1. The molecule has 0 aliphatic heterocycles. The quantitative estimate of drug-likeness (QED) is 0.0253. The van der Waals surface area contributed by atoms with Gasteiger partial charge in [0.25, 0.3) is 0 Å². The van der Waals surface area contributed by atoms with Crippen LogP contribution in [0.3, 0.4) is 0 Å². The molecule has 10 nitrogen and oxygen atoms in total. The molecule has 0 saturated carbocycles. The molecule has 0 radical (unpaired) electrons. The van der Waals surface area contributed by atoms with Gasteiger partial charge in [0.2, 0.25) is 0 Å². The Morgan fingerprint density at radius 3 is 0.949 bits per heavy atom. The first-order valence-electron chi connectivity index (χ1n) is 24.5. The fourth-order valence-corrected chi connectivity index (χ4v) is 7.44. The third-order valence-electron chi connectivity index (χ3n) is 11.2. The maximum absolute atomic E-state index is 13.6. The van der Waals surface area contributed by atoms with E-state index in [9.17, 15) is 19.2 Å². The van der Waals surface area contributed by atoms with E-state index in [1.165, 1.54) is 59.2 Å². The van der Waals surface area contributed by atoms with Crippen LogP contribution in [0.1, 0.15) is 240 Å². The molecular weight excluding hydrogens is 749 g/mol. The molecule has 0 spiro atoms. The zero-order valence-corrected chi connectivity index (χ0v) is 39.1. The van der Waals surface area contributed by atoms with Gasteiger partial charge in [-0.05, 0) is 64.2 Å². The molecule has 0 aromatic carbocycles. The van der Waals surface area contributed by atoms with Gasteiger partial charge in [-0.25, -0.2) is 0 Å². The van der Waals surface area contributed by atoms with Crippen molar-refractivity contribution in [1.29, 1.82) is 0 Å². The van der Waals surface area contributed by atoms with Crippen LogP contribution in [-0.2, 0) is 47.6 Å². The molecule has 0 aromatic heterocycles. The minimum absolute atomic E-state index is 0.165. The molecule has 0 fully saturated rings. The summed E-state index contributed by atoms with van der Waals surface area (Å²) in [5.41, 5.74) is 0. The van der Waals surface area contributed by atoms with Gasteiger partial charge in [0.05, 0.1) is 26.4 Å². The van der Waals surface area contributed by atoms with E-state index in [-0.39, 0.29) is 24.1 Å². The van der Waals surface area contributed by atoms with Crippen LogP contribution in [0.15, 0.2) is 0 Å². The van der Waals surface area contributed by atoms with Gasteiger partial charge in [-0.3, -0.25) is 19.2 Å². The predicted octanol–water partition coefficient (Wildman–Crippen LogP) is 12.9. The molecule has 4 unspecified atom stereocenters. The highest BCUT2D eigenvalue weighted by Gasteiger charge is 2.30. The largest absolute Gasteiger partial charge is 0.469 e. The van der Waals surface area contributed by atoms with Crippen molar-refractivity contribution >= 4 is 23.9 Å². The van der Waals surface area contributed by atoms with Crippen LogP contribution >= 0.6 is 0 Å². The standard InChI is InChI=1S/C49H92O10/c1-7-11-15-17-21-27-33-42(56-39-13-9-3)45(36-30-24-20-26-32-38-47(51)55-6)59-49(53)41-48(52)58-44(35-29-22-18-16-12-8-2)43(57-40-14-10-4)34-28-23-19-25-31-37-46(50)54-5/h42-45H,7-41H2,1-6H3. The average Bonchev–Trinajstić information content (AvgIpc) is 3.23. The molecule has 0 N–H and O–H groups in total. The SMILES string of the molecule is CCCCCCCCC(OCCCC)C(CCCCCCCC(=O)OC)OC(=O)CC(=O)OC(CCCCCCCC)C(CCCCCCCC(=O)OC)OCCCC. The van der Waals surface area contributed by atoms with Gasteiger partial charge in [0.1, 0.15) is 18.6 Å². The van der Waals surface area contributed by atoms with Crippen molar-refractivity contribution in [2.45, 2.75) is 264 Å². The zero-order chi connectivity index (χ0) is 43.6. The summed E-state index contributed by atoms with van der Waals surface area (Å²) in [4.78, 5) is 50.2. The molecule has 10 heteroatoms. The Balaban J connectivity index is 5.78. The van der Waals surface area contributed by atoms with Gasteiger partial charge in [-0.2, -0.15) is 0 Å². The average molecular weight is 841 g/mol. The Morgan fingerprint density at radius 1 is 0.339 bits per heavy atom. The van der Waals surface area contributed by atoms with E-state index in [0.717, 1.165) is 135 Å². The summed E-state index contributed by atoms with van der Waals surface area (Å²) < 4.78 is 34.8. The van der Waals surface area contributed by atoms with Gasteiger partial charge >= 0.3 is 23.9 Å². The van der Waals surface area contributed by atoms with Crippen LogP contribution < -0.4 is 0 Å². The van der Waals surface area contributed by atoms with Crippen molar-refractivity contribution in [3.8, 4) is 0 Å². The molecular formula is C49H92O10. The number of unbranched alkanes of at least 4 members (excludes halogenated alkanes) is 20. The normalized spacial score (nSPS) is 13.4. The first-order chi connectivity index (χ1) is 28.8. The Morgan fingerprint density at radius 2 is 0.627 bits per heavy atom. The van der Waals surface area contributed by atoms with Crippen LogP contribution in [0.4, 0.5) is 0 Å². The fraction of sp³-hybridized carbons (Fsp3) is 0.918. The number of rotatable bonds is 44. The van der Waals surface area contributed by atoms with Gasteiger partial charge in [0.15, 0.2) is 0 Å². The monoisotopic (exact) mass is 841 g/mol. The van der Waals surface area contributed by atoms with Crippen LogP contribution in [0.5, 0.6) is 0 Å². The lowest BCUT2D eigenvalue weighted by Gasteiger charge is -2.29. The maximum atomic E-state index is 13.6. The Kier molecular flexibility index (Phi) is 40.9. The molecule has 0 rings (SSSR count). The van der Waals surface area contributed by atoms with Gasteiger partial charge in [0, 0.05) is 26.1 Å². The summed E-state index contributed by atoms with van der Waals surface area (Å²) in [7, 11) is 2.85. The number of hydrogen-bond acceptors (Lipinski definition) is 10. The van der Waals surface area contributed by atoms with Crippen LogP contribution in [0.25, 0.3) is 0 Å². The van der Waals surface area contributed by atoms with E-state index in [1.807, 2.05) is 0 Å². The highest BCUT2D eigenvalue weighted by molar-refractivity contribution is 5.91. The summed E-state index contributed by atoms with van der Waals surface area (Å²) in [5, 5.41) is 0. The van der Waals surface area contributed by atoms with Gasteiger partial charge in [-0.15, -0.1) is 0 Å². The van der Waals surface area contributed by atoms with E-state index in [2.05, 4.69) is 27.7 Å². The molecule has 0 amide bonds. The van der Waals surface area contributed by atoms with Gasteiger partial charge < -0.3 is 28.4 Å². The number of carbonyl (C=O) groups excluding carboxylic acids is 4. The van der Waals surface area contributed by atoms with E-state index in [0.29, 0.717) is 38.9 Å². The molecule has 0 aliphatic carbocycles. The number of methoxy groups -OCH3 is 2. The Hall–Kier alpha value is -2.20. The van der Waals surface area contributed by atoms with Crippen molar-refractivity contribution in [3.05, 3.63) is 0 Å². The minimum atomic E-state index is -0.557. The highest BCUT2D eigenvalue weighted by atomic mass is 16.6. The summed E-state index contributed by atoms with van der Waals surface area (Å²) in [5.74, 6) is -1.45. The lowest BCUT2D eigenvalue weighted by Crippen LogP contribution is -2.37. The second-order valence-corrected chi connectivity index (χ2v) is 16.6. The van der Waals surface area contributed by atoms with Crippen molar-refractivity contribution in [1.82, 2.24) is 0 Å². The lowest BCUT2D eigenvalue weighted by molar-refractivity contribution is -0.170. The molecule has 0 bridgehead atoms. The smallest absolute Gasteiger partial charge is 0.317 e. The Labute approximate surface area is 362 Å². The van der Waals surface area contributed by atoms with Crippen molar-refractivity contribution in [2.75, 3.05) is 27.4 Å². The van der Waals surface area contributed by atoms with E-state index in [4.69, 9.17) is 28.4 Å². The van der Waals surface area contributed by atoms with E-state index >= 15 is 0 Å². The second kappa shape index (κ2) is 42.5. The zero-order valence-electron chi connectivity index (χ0n) is 39.1. The third-order valence-corrected chi connectivity index (χ3v) is 11.2. The summed E-state index contributed by atoms with van der Waals surface area (Å²) in [6.45, 7) is 9.95. The first-order valence-corrected chi connectivity index (χ1v) is 24.5. The maximum Gasteiger partial charge on any atom is 0.317 e. The topological polar surface area (TPSA) is 124 Å². The number of esters is 4. The highest BCUT2D eigenvalue weighted by Crippen LogP contribution is 2.24. The summed E-state index contributed by atoms with van der Waals surface area (Å²) >= 11 is 0. The molecule has 0 saturated heterocycles. The molecule has 0 aliphatic rings. The molecule has 59 heavy (non-hydrogen) atoms. The number of ether oxygens (including phenoxy) is 6. The Bertz CT molecular complexity index is 988. The van der Waals surface area contributed by atoms with E-state index in [1.54, 1.807) is 0 Å². The van der Waals surface area contributed by atoms with Crippen LogP contribution in [0, 0.1) is 0 Å². The molecule has 0 aromatic rings. The lowest BCUT2D eigenvalue weighted by atomic mass is 9.98. The van der Waals surface area contributed by atoms with Crippen molar-refractivity contribution < 1.29 is 47.6 Å². The molecule has 348 valence electrons. The predicted molar refractivity (Wildman–Crippen MR) is 238 cm³/mol. The summed E-state index contributed by atoms with van der Waals surface area (Å²) in [6.07, 6.45) is 29.1. The fourth-order valence-electron chi connectivity index (χ4n) is 7.44.